The van der Waals surface area contributed by atoms with E-state index in [-0.39, 0.29) is 24.1 Å². The number of nitrogens with zero attached hydrogens (tertiary/aromatic N) is 1. The number of aryl methyl sites for hydroxylation is 2. The van der Waals surface area contributed by atoms with Gasteiger partial charge in [-0.2, -0.15) is 0 Å². The number of rotatable bonds is 10. The third-order valence-electron chi connectivity index (χ3n) is 4.73. The Bertz CT molecular complexity index is 756. The molecule has 0 aliphatic rings. The second-order valence-corrected chi connectivity index (χ2v) is 6.92. The molecule has 0 radical (unpaired) electrons. The number of carbonyl (C=O) groups excluding carboxylic acids is 2. The van der Waals surface area contributed by atoms with E-state index < -0.39 is 0 Å². The number of esters is 1. The van der Waals surface area contributed by atoms with E-state index in [1.54, 1.807) is 17.0 Å². The highest BCUT2D eigenvalue weighted by atomic mass is 19.1. The van der Waals surface area contributed by atoms with Gasteiger partial charge in [0, 0.05) is 19.5 Å². The Hall–Kier alpha value is -2.69. The molecule has 2 aromatic carbocycles. The SMILES string of the molecule is COC(=O)CCN(CCc1ccc(F)cc1)C(=O)CCCc1ccc(C)cc1. The summed E-state index contributed by atoms with van der Waals surface area (Å²) < 4.78 is 17.7. The van der Waals surface area contributed by atoms with Crippen LogP contribution in [0.1, 0.15) is 36.0 Å². The van der Waals surface area contributed by atoms with Crippen LogP contribution < -0.4 is 0 Å². The Morgan fingerprint density at radius 3 is 2.14 bits per heavy atom. The lowest BCUT2D eigenvalue weighted by molar-refractivity contribution is -0.141. The Labute approximate surface area is 166 Å². The molecule has 150 valence electrons. The number of ether oxygens (including phenoxy) is 1. The predicted molar refractivity (Wildman–Crippen MR) is 107 cm³/mol. The standard InChI is InChI=1S/C23H28FNO3/c1-18-6-8-19(9-7-18)4-3-5-22(26)25(17-15-23(27)28-2)16-14-20-10-12-21(24)13-11-20/h6-13H,3-5,14-17H2,1-2H3. The fourth-order valence-electron chi connectivity index (χ4n) is 2.96. The molecule has 0 spiro atoms. The van der Waals surface area contributed by atoms with Gasteiger partial charge in [0.25, 0.3) is 0 Å². The van der Waals surface area contributed by atoms with Crippen molar-refractivity contribution in [3.63, 3.8) is 0 Å². The Morgan fingerprint density at radius 2 is 1.50 bits per heavy atom. The molecule has 0 bridgehead atoms. The van der Waals surface area contributed by atoms with E-state index in [0.29, 0.717) is 25.9 Å². The summed E-state index contributed by atoms with van der Waals surface area (Å²) in [5.74, 6) is -0.587. The van der Waals surface area contributed by atoms with Crippen molar-refractivity contribution < 1.29 is 18.7 Å². The molecule has 0 aliphatic carbocycles. The number of benzene rings is 2. The van der Waals surface area contributed by atoms with Crippen molar-refractivity contribution in [2.75, 3.05) is 20.2 Å². The van der Waals surface area contributed by atoms with Crippen molar-refractivity contribution in [2.45, 2.75) is 39.0 Å². The summed E-state index contributed by atoms with van der Waals surface area (Å²) in [6.07, 6.45) is 2.81. The first-order chi connectivity index (χ1) is 13.5. The molecule has 0 unspecified atom stereocenters. The Kier molecular flexibility index (Phi) is 8.66. The lowest BCUT2D eigenvalue weighted by Gasteiger charge is -2.22. The number of carbonyl (C=O) groups is 2. The largest absolute Gasteiger partial charge is 0.469 e. The molecule has 0 fully saturated rings. The van der Waals surface area contributed by atoms with E-state index in [0.717, 1.165) is 18.4 Å². The van der Waals surface area contributed by atoms with Gasteiger partial charge in [0.2, 0.25) is 5.91 Å². The van der Waals surface area contributed by atoms with Gasteiger partial charge in [-0.15, -0.1) is 0 Å². The lowest BCUT2D eigenvalue weighted by Crippen LogP contribution is -2.35. The summed E-state index contributed by atoms with van der Waals surface area (Å²) >= 11 is 0. The predicted octanol–water partition coefficient (Wildman–Crippen LogP) is 4.09. The monoisotopic (exact) mass is 385 g/mol. The normalized spacial score (nSPS) is 10.5. The highest BCUT2D eigenvalue weighted by Crippen LogP contribution is 2.10. The molecule has 4 nitrogen and oxygen atoms in total. The van der Waals surface area contributed by atoms with Crippen LogP contribution >= 0.6 is 0 Å². The number of halogens is 1. The van der Waals surface area contributed by atoms with Crippen LogP contribution in [0.15, 0.2) is 48.5 Å². The van der Waals surface area contributed by atoms with Gasteiger partial charge >= 0.3 is 5.97 Å². The molecule has 2 rings (SSSR count). The number of amides is 1. The average Bonchev–Trinajstić information content (AvgIpc) is 2.70. The minimum atomic E-state index is -0.334. The van der Waals surface area contributed by atoms with E-state index in [1.165, 1.54) is 30.4 Å². The zero-order chi connectivity index (χ0) is 20.4. The minimum absolute atomic E-state index is 0.0260. The summed E-state index contributed by atoms with van der Waals surface area (Å²) in [6.45, 7) is 2.87. The van der Waals surface area contributed by atoms with Crippen LogP contribution in [0.3, 0.4) is 0 Å². The second-order valence-electron chi connectivity index (χ2n) is 6.92. The second kappa shape index (κ2) is 11.2. The van der Waals surface area contributed by atoms with Gasteiger partial charge in [0.05, 0.1) is 13.5 Å². The molecule has 2 aromatic rings. The van der Waals surface area contributed by atoms with Crippen LogP contribution in [-0.2, 0) is 27.2 Å². The molecule has 0 atom stereocenters. The third-order valence-corrected chi connectivity index (χ3v) is 4.73. The third kappa shape index (κ3) is 7.51. The van der Waals surface area contributed by atoms with Gasteiger partial charge < -0.3 is 9.64 Å². The van der Waals surface area contributed by atoms with Crippen LogP contribution in [0.4, 0.5) is 4.39 Å². The highest BCUT2D eigenvalue weighted by molar-refractivity contribution is 5.77. The van der Waals surface area contributed by atoms with Crippen molar-refractivity contribution in [2.24, 2.45) is 0 Å². The molecule has 0 heterocycles. The Balaban J connectivity index is 1.88. The fourth-order valence-corrected chi connectivity index (χ4v) is 2.96. The summed E-state index contributed by atoms with van der Waals surface area (Å²) in [6, 6.07) is 14.6. The molecule has 0 aliphatic heterocycles. The molecule has 0 saturated carbocycles. The quantitative estimate of drug-likeness (QED) is 0.579. The van der Waals surface area contributed by atoms with Crippen LogP contribution in [0.25, 0.3) is 0 Å². The van der Waals surface area contributed by atoms with Crippen LogP contribution in [-0.4, -0.2) is 37.0 Å². The van der Waals surface area contributed by atoms with E-state index >= 15 is 0 Å². The molecular formula is C23H28FNO3. The first-order valence-corrected chi connectivity index (χ1v) is 9.62. The van der Waals surface area contributed by atoms with Gasteiger partial charge in [-0.25, -0.2) is 4.39 Å². The molecular weight excluding hydrogens is 357 g/mol. The summed E-state index contributed by atoms with van der Waals surface area (Å²) in [4.78, 5) is 25.9. The average molecular weight is 385 g/mol. The first-order valence-electron chi connectivity index (χ1n) is 9.62. The molecule has 28 heavy (non-hydrogen) atoms. The zero-order valence-corrected chi connectivity index (χ0v) is 16.6. The summed E-state index contributed by atoms with van der Waals surface area (Å²) in [5, 5.41) is 0. The lowest BCUT2D eigenvalue weighted by atomic mass is 10.1. The first kappa shape index (κ1) is 21.6. The highest BCUT2D eigenvalue weighted by Gasteiger charge is 2.15. The minimum Gasteiger partial charge on any atom is -0.469 e. The van der Waals surface area contributed by atoms with E-state index in [1.807, 2.05) is 6.92 Å². The van der Waals surface area contributed by atoms with Crippen LogP contribution in [0, 0.1) is 12.7 Å². The maximum absolute atomic E-state index is 13.0. The van der Waals surface area contributed by atoms with E-state index in [9.17, 15) is 14.0 Å². The van der Waals surface area contributed by atoms with E-state index in [4.69, 9.17) is 0 Å². The number of hydrogen-bond acceptors (Lipinski definition) is 3. The summed E-state index contributed by atoms with van der Waals surface area (Å²) in [5.41, 5.74) is 3.39. The topological polar surface area (TPSA) is 46.6 Å². The number of methoxy groups -OCH3 is 1. The maximum atomic E-state index is 13.0. The zero-order valence-electron chi connectivity index (χ0n) is 16.6. The van der Waals surface area contributed by atoms with Crippen molar-refractivity contribution in [3.05, 3.63) is 71.0 Å². The fraction of sp³-hybridized carbons (Fsp3) is 0.391. The number of hydrogen-bond donors (Lipinski definition) is 0. The van der Waals surface area contributed by atoms with Gasteiger partial charge in [0.1, 0.15) is 5.82 Å². The Morgan fingerprint density at radius 1 is 0.893 bits per heavy atom. The van der Waals surface area contributed by atoms with Gasteiger partial charge in [0.15, 0.2) is 0 Å². The van der Waals surface area contributed by atoms with Gasteiger partial charge in [-0.1, -0.05) is 42.0 Å². The van der Waals surface area contributed by atoms with Crippen LogP contribution in [0.5, 0.6) is 0 Å². The molecule has 0 saturated heterocycles. The maximum Gasteiger partial charge on any atom is 0.307 e. The van der Waals surface area contributed by atoms with Crippen LogP contribution in [0.2, 0.25) is 0 Å². The molecule has 0 N–H and O–H groups in total. The van der Waals surface area contributed by atoms with Crippen molar-refractivity contribution >= 4 is 11.9 Å². The van der Waals surface area contributed by atoms with Crippen molar-refractivity contribution in [1.82, 2.24) is 4.90 Å². The summed E-state index contributed by atoms with van der Waals surface area (Å²) in [7, 11) is 1.34. The smallest absolute Gasteiger partial charge is 0.307 e. The molecule has 5 heteroatoms. The van der Waals surface area contributed by atoms with E-state index in [2.05, 4.69) is 29.0 Å². The van der Waals surface area contributed by atoms with Crippen molar-refractivity contribution in [3.8, 4) is 0 Å². The van der Waals surface area contributed by atoms with Gasteiger partial charge in [-0.05, 0) is 49.4 Å². The molecule has 1 amide bonds. The van der Waals surface area contributed by atoms with Crippen molar-refractivity contribution in [1.29, 1.82) is 0 Å². The molecule has 0 aromatic heterocycles. The van der Waals surface area contributed by atoms with Gasteiger partial charge in [-0.3, -0.25) is 9.59 Å².